The molecule has 0 saturated heterocycles. The van der Waals surface area contributed by atoms with Crippen LogP contribution in [0.4, 0.5) is 0 Å². The molecule has 0 aromatic carbocycles. The number of esters is 1. The van der Waals surface area contributed by atoms with Crippen molar-refractivity contribution in [3.63, 3.8) is 0 Å². The minimum absolute atomic E-state index is 0.00714. The summed E-state index contributed by atoms with van der Waals surface area (Å²) in [5.41, 5.74) is -0.498. The lowest BCUT2D eigenvalue weighted by Crippen LogP contribution is -2.55. The maximum atomic E-state index is 13.3. The summed E-state index contributed by atoms with van der Waals surface area (Å²) in [5.74, 6) is -1.08. The average molecular weight is 433 g/mol. The molecule has 1 aliphatic carbocycles. The van der Waals surface area contributed by atoms with Gasteiger partial charge in [-0.3, -0.25) is 14.6 Å². The summed E-state index contributed by atoms with van der Waals surface area (Å²) in [6.07, 6.45) is 9.58. The zero-order valence-corrected chi connectivity index (χ0v) is 19.3. The summed E-state index contributed by atoms with van der Waals surface area (Å²) in [5, 5.41) is 5.70. The van der Waals surface area contributed by atoms with Gasteiger partial charge >= 0.3 is 5.97 Å². The van der Waals surface area contributed by atoms with Crippen molar-refractivity contribution in [1.82, 2.24) is 20.6 Å². The second-order valence-corrected chi connectivity index (χ2v) is 9.66. The van der Waals surface area contributed by atoms with E-state index in [0.717, 1.165) is 32.1 Å². The quantitative estimate of drug-likeness (QED) is 0.611. The number of carbonyl (C=O) groups is 3. The van der Waals surface area contributed by atoms with Crippen molar-refractivity contribution in [1.29, 1.82) is 0 Å². The Kier molecular flexibility index (Phi) is 8.95. The van der Waals surface area contributed by atoms with Gasteiger partial charge in [0.2, 0.25) is 5.91 Å². The molecule has 31 heavy (non-hydrogen) atoms. The third kappa shape index (κ3) is 8.26. The average Bonchev–Trinajstić information content (AvgIpc) is 2.71. The number of aromatic nitrogens is 2. The molecular formula is C23H36N4O4. The normalized spacial score (nSPS) is 17.0. The molecule has 0 radical (unpaired) electrons. The van der Waals surface area contributed by atoms with Crippen molar-refractivity contribution in [2.75, 3.05) is 0 Å². The highest BCUT2D eigenvalue weighted by Gasteiger charge is 2.35. The first-order valence-electron chi connectivity index (χ1n) is 11.2. The Morgan fingerprint density at radius 2 is 1.77 bits per heavy atom. The summed E-state index contributed by atoms with van der Waals surface area (Å²) in [6.45, 7) is 9.36. The van der Waals surface area contributed by atoms with Crippen LogP contribution in [0.25, 0.3) is 0 Å². The lowest BCUT2D eigenvalue weighted by Gasteiger charge is -2.32. The van der Waals surface area contributed by atoms with Gasteiger partial charge in [-0.1, -0.05) is 33.1 Å². The number of rotatable bonds is 8. The Morgan fingerprint density at radius 1 is 1.10 bits per heavy atom. The van der Waals surface area contributed by atoms with Crippen molar-refractivity contribution in [2.45, 2.75) is 90.8 Å². The third-order valence-electron chi connectivity index (χ3n) is 5.20. The largest absolute Gasteiger partial charge is 0.458 e. The topological polar surface area (TPSA) is 110 Å². The zero-order valence-electron chi connectivity index (χ0n) is 19.3. The summed E-state index contributed by atoms with van der Waals surface area (Å²) in [4.78, 5) is 46.7. The molecule has 1 aromatic rings. The Balaban J connectivity index is 2.18. The highest BCUT2D eigenvalue weighted by molar-refractivity contribution is 5.96. The number of hydrogen-bond donors (Lipinski definition) is 2. The molecule has 0 aliphatic heterocycles. The summed E-state index contributed by atoms with van der Waals surface area (Å²) < 4.78 is 5.52. The first kappa shape index (κ1) is 24.8. The molecule has 2 amide bonds. The molecule has 0 spiro atoms. The Bertz CT molecular complexity index is 740. The fraction of sp³-hybridized carbons (Fsp3) is 0.696. The van der Waals surface area contributed by atoms with E-state index in [0.29, 0.717) is 6.42 Å². The lowest BCUT2D eigenvalue weighted by atomic mass is 9.83. The van der Waals surface area contributed by atoms with Gasteiger partial charge in [-0.2, -0.15) is 0 Å². The van der Waals surface area contributed by atoms with E-state index in [2.05, 4.69) is 20.6 Å². The van der Waals surface area contributed by atoms with Crippen LogP contribution in [0.15, 0.2) is 18.6 Å². The highest BCUT2D eigenvalue weighted by Crippen LogP contribution is 2.27. The molecule has 1 aromatic heterocycles. The molecule has 0 unspecified atom stereocenters. The zero-order chi connectivity index (χ0) is 23.0. The first-order valence-corrected chi connectivity index (χ1v) is 11.2. The van der Waals surface area contributed by atoms with Crippen molar-refractivity contribution >= 4 is 17.8 Å². The van der Waals surface area contributed by atoms with E-state index in [-0.39, 0.29) is 23.4 Å². The molecule has 2 atom stereocenters. The van der Waals surface area contributed by atoms with Crippen molar-refractivity contribution in [3.05, 3.63) is 24.3 Å². The Labute approximate surface area is 184 Å². The standard InChI is InChI=1S/C23H36N4O4/c1-15(2)13-17(22(30)31-23(3,4)5)26-21(29)19(16-9-7-6-8-10-16)27-20(28)18-14-24-11-12-25-18/h11-12,14-17,19H,6-10,13H2,1-5H3,(H,26,29)(H,27,28)/t17-,19-/m0/s1. The third-order valence-corrected chi connectivity index (χ3v) is 5.20. The van der Waals surface area contributed by atoms with Crippen LogP contribution in [0, 0.1) is 11.8 Å². The maximum absolute atomic E-state index is 13.3. The molecule has 172 valence electrons. The van der Waals surface area contributed by atoms with Gasteiger partial charge in [0.25, 0.3) is 5.91 Å². The van der Waals surface area contributed by atoms with Gasteiger partial charge in [0.1, 0.15) is 23.4 Å². The smallest absolute Gasteiger partial charge is 0.329 e. The maximum Gasteiger partial charge on any atom is 0.329 e. The van der Waals surface area contributed by atoms with Gasteiger partial charge in [0, 0.05) is 12.4 Å². The first-order chi connectivity index (χ1) is 14.6. The molecule has 1 fully saturated rings. The van der Waals surface area contributed by atoms with E-state index >= 15 is 0 Å². The minimum Gasteiger partial charge on any atom is -0.458 e. The number of nitrogens with one attached hydrogen (secondary N) is 2. The highest BCUT2D eigenvalue weighted by atomic mass is 16.6. The van der Waals surface area contributed by atoms with E-state index in [1.807, 2.05) is 13.8 Å². The fourth-order valence-corrected chi connectivity index (χ4v) is 3.82. The van der Waals surface area contributed by atoms with E-state index < -0.39 is 29.6 Å². The van der Waals surface area contributed by atoms with Crippen molar-refractivity contribution in [3.8, 4) is 0 Å². The molecule has 2 N–H and O–H groups in total. The number of nitrogens with zero attached hydrogens (tertiary/aromatic N) is 2. The van der Waals surface area contributed by atoms with Gasteiger partial charge in [-0.05, 0) is 51.9 Å². The van der Waals surface area contributed by atoms with E-state index in [1.165, 1.54) is 18.6 Å². The van der Waals surface area contributed by atoms with Crippen LogP contribution in [0.1, 0.15) is 83.6 Å². The number of hydrogen-bond acceptors (Lipinski definition) is 6. The van der Waals surface area contributed by atoms with Crippen molar-refractivity contribution < 1.29 is 19.1 Å². The molecule has 2 rings (SSSR count). The van der Waals surface area contributed by atoms with Crippen LogP contribution < -0.4 is 10.6 Å². The van der Waals surface area contributed by atoms with Crippen LogP contribution in [0.5, 0.6) is 0 Å². The van der Waals surface area contributed by atoms with Gasteiger partial charge in [0.05, 0.1) is 6.20 Å². The van der Waals surface area contributed by atoms with Gasteiger partial charge in [-0.15, -0.1) is 0 Å². The summed E-state index contributed by atoms with van der Waals surface area (Å²) >= 11 is 0. The van der Waals surface area contributed by atoms with E-state index in [9.17, 15) is 14.4 Å². The predicted molar refractivity (Wildman–Crippen MR) is 117 cm³/mol. The molecule has 1 aliphatic rings. The monoisotopic (exact) mass is 432 g/mol. The summed E-state index contributed by atoms with van der Waals surface area (Å²) in [6, 6.07) is -1.52. The van der Waals surface area contributed by atoms with Gasteiger partial charge in [-0.25, -0.2) is 9.78 Å². The molecule has 0 bridgehead atoms. The molecule has 8 heteroatoms. The van der Waals surface area contributed by atoms with E-state index in [4.69, 9.17) is 4.74 Å². The Morgan fingerprint density at radius 3 is 2.32 bits per heavy atom. The minimum atomic E-state index is -0.772. The lowest BCUT2D eigenvalue weighted by molar-refractivity contribution is -0.159. The second-order valence-electron chi connectivity index (χ2n) is 9.66. The molecular weight excluding hydrogens is 396 g/mol. The van der Waals surface area contributed by atoms with Crippen LogP contribution in [-0.2, 0) is 14.3 Å². The van der Waals surface area contributed by atoms with Crippen LogP contribution in [-0.4, -0.2) is 45.4 Å². The van der Waals surface area contributed by atoms with E-state index in [1.54, 1.807) is 20.8 Å². The second kappa shape index (κ2) is 11.2. The predicted octanol–water partition coefficient (Wildman–Crippen LogP) is 3.03. The molecule has 1 heterocycles. The van der Waals surface area contributed by atoms with Gasteiger partial charge < -0.3 is 15.4 Å². The van der Waals surface area contributed by atoms with Crippen LogP contribution >= 0.6 is 0 Å². The van der Waals surface area contributed by atoms with Crippen LogP contribution in [0.2, 0.25) is 0 Å². The molecule has 8 nitrogen and oxygen atoms in total. The molecule has 1 saturated carbocycles. The SMILES string of the molecule is CC(C)C[C@H](NC(=O)[C@@H](NC(=O)c1cnccn1)C1CCCCC1)C(=O)OC(C)(C)C. The number of ether oxygens (including phenoxy) is 1. The fourth-order valence-electron chi connectivity index (χ4n) is 3.82. The number of amides is 2. The number of carbonyl (C=O) groups excluding carboxylic acids is 3. The van der Waals surface area contributed by atoms with Crippen LogP contribution in [0.3, 0.4) is 0 Å². The summed E-state index contributed by atoms with van der Waals surface area (Å²) in [7, 11) is 0. The van der Waals surface area contributed by atoms with Gasteiger partial charge in [0.15, 0.2) is 0 Å². The Hall–Kier alpha value is -2.51. The van der Waals surface area contributed by atoms with Crippen molar-refractivity contribution in [2.24, 2.45) is 11.8 Å².